The monoisotopic (exact) mass is 311 g/mol. The molecule has 2 nitrogen and oxygen atoms in total. The topological polar surface area (TPSA) is 22.1 Å². The summed E-state index contributed by atoms with van der Waals surface area (Å²) in [4.78, 5) is 4.10. The number of aryl methyl sites for hydroxylation is 2. The molecule has 0 atom stereocenters. The van der Waals surface area contributed by atoms with Crippen LogP contribution >= 0.6 is 11.6 Å². The quantitative estimate of drug-likeness (QED) is 0.787. The molecule has 0 aliphatic heterocycles. The van der Waals surface area contributed by atoms with Gasteiger partial charge in [0.1, 0.15) is 12.4 Å². The number of hydrogen-bond donors (Lipinski definition) is 0. The van der Waals surface area contributed by atoms with Crippen LogP contribution in [0.3, 0.4) is 0 Å². The van der Waals surface area contributed by atoms with E-state index in [0.29, 0.717) is 5.69 Å². The van der Waals surface area contributed by atoms with Crippen molar-refractivity contribution >= 4 is 11.6 Å². The first-order chi connectivity index (χ1) is 10.0. The average Bonchev–Trinajstić information content (AvgIpc) is 2.43. The highest BCUT2D eigenvalue weighted by atomic mass is 35.5. The Bertz CT molecular complexity index is 626. The van der Waals surface area contributed by atoms with Crippen molar-refractivity contribution in [1.82, 2.24) is 4.98 Å². The molecule has 2 aromatic rings. The summed E-state index contributed by atoms with van der Waals surface area (Å²) < 4.78 is 32.8. The van der Waals surface area contributed by atoms with Gasteiger partial charge in [0, 0.05) is 11.3 Å². The summed E-state index contributed by atoms with van der Waals surface area (Å²) in [6, 6.07) is 5.76. The Labute approximate surface area is 127 Å². The highest BCUT2D eigenvalue weighted by Crippen LogP contribution is 2.23. The molecule has 2 rings (SSSR count). The molecule has 5 heteroatoms. The molecule has 0 aliphatic rings. The van der Waals surface area contributed by atoms with E-state index in [1.807, 2.05) is 6.92 Å². The summed E-state index contributed by atoms with van der Waals surface area (Å²) in [5.41, 5.74) is 1.76. The summed E-state index contributed by atoms with van der Waals surface area (Å²) in [7, 11) is 0. The van der Waals surface area contributed by atoms with Gasteiger partial charge in [-0.2, -0.15) is 0 Å². The number of benzene rings is 1. The van der Waals surface area contributed by atoms with Gasteiger partial charge in [0.05, 0.1) is 5.02 Å². The van der Waals surface area contributed by atoms with Crippen LogP contribution < -0.4 is 4.74 Å². The van der Waals surface area contributed by atoms with E-state index in [9.17, 15) is 8.78 Å². The molecule has 0 radical (unpaired) electrons. The van der Waals surface area contributed by atoms with Gasteiger partial charge in [0.15, 0.2) is 5.82 Å². The van der Waals surface area contributed by atoms with Crippen molar-refractivity contribution in [2.75, 3.05) is 0 Å². The van der Waals surface area contributed by atoms with Crippen LogP contribution in [-0.4, -0.2) is 4.98 Å². The highest BCUT2D eigenvalue weighted by Gasteiger charge is 2.13. The van der Waals surface area contributed by atoms with Crippen molar-refractivity contribution in [3.8, 4) is 5.88 Å². The van der Waals surface area contributed by atoms with Gasteiger partial charge in [-0.25, -0.2) is 13.8 Å². The molecular formula is C16H16ClF2NO. The van der Waals surface area contributed by atoms with Crippen LogP contribution in [0.1, 0.15) is 30.2 Å². The second-order valence-corrected chi connectivity index (χ2v) is 5.17. The number of nitrogens with zero attached hydrogens (tertiary/aromatic N) is 1. The number of aromatic nitrogens is 1. The predicted octanol–water partition coefficient (Wildman–Crippen LogP) is 4.85. The normalized spacial score (nSPS) is 10.7. The molecule has 0 fully saturated rings. The molecule has 0 saturated carbocycles. The molecule has 0 unspecified atom stereocenters. The Morgan fingerprint density at radius 1 is 1.24 bits per heavy atom. The molecule has 21 heavy (non-hydrogen) atoms. The number of halogens is 3. The van der Waals surface area contributed by atoms with Gasteiger partial charge in [0.25, 0.3) is 5.88 Å². The minimum Gasteiger partial charge on any atom is -0.471 e. The summed E-state index contributed by atoms with van der Waals surface area (Å²) in [5.74, 6) is -1.16. The molecule has 0 bridgehead atoms. The zero-order chi connectivity index (χ0) is 15.4. The average molecular weight is 312 g/mol. The van der Waals surface area contributed by atoms with Crippen LogP contribution in [0, 0.1) is 18.6 Å². The lowest BCUT2D eigenvalue weighted by atomic mass is 10.1. The fourth-order valence-electron chi connectivity index (χ4n) is 2.03. The third-order valence-electron chi connectivity index (χ3n) is 3.17. The zero-order valence-corrected chi connectivity index (χ0v) is 12.7. The molecule has 0 N–H and O–H groups in total. The second kappa shape index (κ2) is 6.85. The predicted molar refractivity (Wildman–Crippen MR) is 78.7 cm³/mol. The first-order valence-corrected chi connectivity index (χ1v) is 7.12. The van der Waals surface area contributed by atoms with Gasteiger partial charge in [-0.15, -0.1) is 0 Å². The standard InChI is InChI=1S/C16H16ClF2NO/c1-3-5-11-8-15(19)16(20-10(11)2)21-9-12-13(17)6-4-7-14(12)18/h4,6-8H,3,5,9H2,1-2H3. The van der Waals surface area contributed by atoms with Crippen molar-refractivity contribution < 1.29 is 13.5 Å². The molecule has 1 aromatic carbocycles. The lowest BCUT2D eigenvalue weighted by molar-refractivity contribution is 0.271. The minimum atomic E-state index is -0.545. The van der Waals surface area contributed by atoms with E-state index in [4.69, 9.17) is 16.3 Å². The fourth-order valence-corrected chi connectivity index (χ4v) is 2.25. The van der Waals surface area contributed by atoms with Crippen LogP contribution in [-0.2, 0) is 13.0 Å². The van der Waals surface area contributed by atoms with Crippen LogP contribution in [0.4, 0.5) is 8.78 Å². The lowest BCUT2D eigenvalue weighted by Gasteiger charge is -2.11. The van der Waals surface area contributed by atoms with Crippen molar-refractivity contribution in [2.24, 2.45) is 0 Å². The fraction of sp³-hybridized carbons (Fsp3) is 0.312. The van der Waals surface area contributed by atoms with E-state index >= 15 is 0 Å². The van der Waals surface area contributed by atoms with Crippen molar-refractivity contribution in [3.05, 3.63) is 57.7 Å². The van der Waals surface area contributed by atoms with Crippen LogP contribution in [0.25, 0.3) is 0 Å². The third-order valence-corrected chi connectivity index (χ3v) is 3.53. The van der Waals surface area contributed by atoms with Gasteiger partial charge in [-0.1, -0.05) is 31.0 Å². The summed E-state index contributed by atoms with van der Waals surface area (Å²) in [5, 5.41) is 0.245. The largest absolute Gasteiger partial charge is 0.471 e. The third kappa shape index (κ3) is 3.70. The molecule has 0 saturated heterocycles. The van der Waals surface area contributed by atoms with Crippen molar-refractivity contribution in [3.63, 3.8) is 0 Å². The SMILES string of the molecule is CCCc1cc(F)c(OCc2c(F)cccc2Cl)nc1C. The van der Waals surface area contributed by atoms with Crippen molar-refractivity contribution in [1.29, 1.82) is 0 Å². The minimum absolute atomic E-state index is 0.133. The van der Waals surface area contributed by atoms with Crippen LogP contribution in [0.15, 0.2) is 24.3 Å². The molecule has 0 spiro atoms. The maximum atomic E-state index is 13.9. The van der Waals surface area contributed by atoms with Gasteiger partial charge >= 0.3 is 0 Å². The number of pyridine rings is 1. The van der Waals surface area contributed by atoms with Gasteiger partial charge < -0.3 is 4.74 Å². The Morgan fingerprint density at radius 3 is 2.67 bits per heavy atom. The first kappa shape index (κ1) is 15.7. The maximum absolute atomic E-state index is 13.9. The van der Waals surface area contributed by atoms with Crippen LogP contribution in [0.5, 0.6) is 5.88 Å². The molecule has 0 amide bonds. The molecule has 0 aliphatic carbocycles. The van der Waals surface area contributed by atoms with E-state index in [1.54, 1.807) is 13.0 Å². The first-order valence-electron chi connectivity index (χ1n) is 6.74. The van der Waals surface area contributed by atoms with Crippen molar-refractivity contribution in [2.45, 2.75) is 33.3 Å². The van der Waals surface area contributed by atoms with Gasteiger partial charge in [-0.05, 0) is 37.1 Å². The zero-order valence-electron chi connectivity index (χ0n) is 11.9. The molecule has 1 aromatic heterocycles. The maximum Gasteiger partial charge on any atom is 0.250 e. The number of hydrogen-bond acceptors (Lipinski definition) is 2. The summed E-state index contributed by atoms with van der Waals surface area (Å²) in [6.07, 6.45) is 1.67. The molecule has 112 valence electrons. The van der Waals surface area contributed by atoms with Crippen LogP contribution in [0.2, 0.25) is 5.02 Å². The van der Waals surface area contributed by atoms with E-state index in [-0.39, 0.29) is 23.1 Å². The Hall–Kier alpha value is -1.68. The Kier molecular flexibility index (Phi) is 5.12. The summed E-state index contributed by atoms with van der Waals surface area (Å²) in [6.45, 7) is 3.65. The summed E-state index contributed by atoms with van der Waals surface area (Å²) >= 11 is 5.90. The second-order valence-electron chi connectivity index (χ2n) is 4.76. The lowest BCUT2D eigenvalue weighted by Crippen LogP contribution is -2.05. The van der Waals surface area contributed by atoms with Gasteiger partial charge in [-0.3, -0.25) is 0 Å². The van der Waals surface area contributed by atoms with Gasteiger partial charge in [0.2, 0.25) is 0 Å². The van der Waals surface area contributed by atoms with E-state index in [0.717, 1.165) is 18.4 Å². The van der Waals surface area contributed by atoms with E-state index in [2.05, 4.69) is 4.98 Å². The Morgan fingerprint density at radius 2 is 2.00 bits per heavy atom. The molecular weight excluding hydrogens is 296 g/mol. The highest BCUT2D eigenvalue weighted by molar-refractivity contribution is 6.31. The Balaban J connectivity index is 2.19. The smallest absolute Gasteiger partial charge is 0.250 e. The number of ether oxygens (including phenoxy) is 1. The molecule has 1 heterocycles. The van der Waals surface area contributed by atoms with E-state index in [1.165, 1.54) is 18.2 Å². The number of rotatable bonds is 5. The van der Waals surface area contributed by atoms with E-state index < -0.39 is 11.6 Å².